The van der Waals surface area contributed by atoms with E-state index in [1.807, 2.05) is 11.3 Å². The van der Waals surface area contributed by atoms with E-state index in [0.717, 1.165) is 6.54 Å². The van der Waals surface area contributed by atoms with Crippen molar-refractivity contribution in [3.8, 4) is 0 Å². The molecule has 0 saturated heterocycles. The smallest absolute Gasteiger partial charge is 0.0400 e. The van der Waals surface area contributed by atoms with Crippen molar-refractivity contribution in [3.63, 3.8) is 0 Å². The molecule has 1 aromatic heterocycles. The molecule has 1 heterocycles. The summed E-state index contributed by atoms with van der Waals surface area (Å²) in [6.45, 7) is 5.49. The van der Waals surface area contributed by atoms with E-state index in [1.54, 1.807) is 11.1 Å². The van der Waals surface area contributed by atoms with Gasteiger partial charge in [0, 0.05) is 16.8 Å². The summed E-state index contributed by atoms with van der Waals surface area (Å²) in [5.74, 6) is 0.619. The van der Waals surface area contributed by atoms with Crippen molar-refractivity contribution in [1.82, 2.24) is 5.32 Å². The number of likely N-dealkylation sites (N-methyl/N-ethyl adjacent to an activating group) is 1. The standard InChI is InChI=1S/C18H23NS/c1-3-19-18(15-11-12-20-13(15)2)17-10-6-8-14-7-4-5-9-16(14)17/h4-5,7,9,11-12,17-19H,3,6,8,10H2,1-2H3. The Morgan fingerprint density at radius 3 is 2.90 bits per heavy atom. The van der Waals surface area contributed by atoms with Crippen molar-refractivity contribution < 1.29 is 0 Å². The van der Waals surface area contributed by atoms with Crippen molar-refractivity contribution in [1.29, 1.82) is 0 Å². The molecule has 0 saturated carbocycles. The van der Waals surface area contributed by atoms with E-state index in [2.05, 4.69) is 54.9 Å². The molecule has 2 atom stereocenters. The molecule has 20 heavy (non-hydrogen) atoms. The number of benzene rings is 1. The number of thiophene rings is 1. The van der Waals surface area contributed by atoms with Gasteiger partial charge in [-0.05, 0) is 60.9 Å². The molecule has 0 spiro atoms. The summed E-state index contributed by atoms with van der Waals surface area (Å²) in [6.07, 6.45) is 3.85. The van der Waals surface area contributed by atoms with Crippen LogP contribution in [0.15, 0.2) is 35.7 Å². The average molecular weight is 285 g/mol. The number of rotatable bonds is 4. The number of aryl methyl sites for hydroxylation is 2. The lowest BCUT2D eigenvalue weighted by atomic mass is 9.77. The van der Waals surface area contributed by atoms with Gasteiger partial charge >= 0.3 is 0 Å². The van der Waals surface area contributed by atoms with Gasteiger partial charge in [0.05, 0.1) is 0 Å². The molecule has 2 heteroatoms. The normalized spacial score (nSPS) is 19.6. The monoisotopic (exact) mass is 285 g/mol. The molecule has 0 radical (unpaired) electrons. The molecule has 1 aliphatic rings. The number of nitrogens with one attached hydrogen (secondary N) is 1. The SMILES string of the molecule is CCNC(c1ccsc1C)C1CCCc2ccccc21. The summed E-state index contributed by atoms with van der Waals surface area (Å²) in [5, 5.41) is 5.97. The van der Waals surface area contributed by atoms with Gasteiger partial charge in [-0.15, -0.1) is 11.3 Å². The Balaban J connectivity index is 1.99. The maximum atomic E-state index is 3.74. The van der Waals surface area contributed by atoms with Crippen LogP contribution < -0.4 is 5.32 Å². The summed E-state index contributed by atoms with van der Waals surface area (Å²) >= 11 is 1.86. The van der Waals surface area contributed by atoms with Gasteiger partial charge < -0.3 is 5.32 Å². The zero-order valence-corrected chi connectivity index (χ0v) is 13.2. The minimum atomic E-state index is 0.465. The highest BCUT2D eigenvalue weighted by Crippen LogP contribution is 2.41. The molecule has 1 aliphatic carbocycles. The fourth-order valence-corrected chi connectivity index (χ4v) is 4.29. The minimum absolute atomic E-state index is 0.465. The van der Waals surface area contributed by atoms with Gasteiger partial charge in [-0.3, -0.25) is 0 Å². The molecule has 2 aromatic rings. The number of hydrogen-bond acceptors (Lipinski definition) is 2. The Labute approximate surface area is 126 Å². The van der Waals surface area contributed by atoms with E-state index < -0.39 is 0 Å². The molecule has 0 aliphatic heterocycles. The molecule has 106 valence electrons. The van der Waals surface area contributed by atoms with E-state index in [0.29, 0.717) is 12.0 Å². The van der Waals surface area contributed by atoms with E-state index in [1.165, 1.54) is 29.7 Å². The summed E-state index contributed by atoms with van der Waals surface area (Å²) in [6, 6.07) is 11.8. The molecule has 3 rings (SSSR count). The van der Waals surface area contributed by atoms with E-state index in [-0.39, 0.29) is 0 Å². The zero-order valence-electron chi connectivity index (χ0n) is 12.4. The van der Waals surface area contributed by atoms with Gasteiger partial charge in [-0.25, -0.2) is 0 Å². The largest absolute Gasteiger partial charge is 0.310 e. The quantitative estimate of drug-likeness (QED) is 0.848. The first-order chi connectivity index (χ1) is 9.81. The van der Waals surface area contributed by atoms with Crippen molar-refractivity contribution in [2.45, 2.75) is 45.1 Å². The fourth-order valence-electron chi connectivity index (χ4n) is 3.54. The van der Waals surface area contributed by atoms with E-state index in [9.17, 15) is 0 Å². The van der Waals surface area contributed by atoms with Gasteiger partial charge in [-0.2, -0.15) is 0 Å². The second-order valence-corrected chi connectivity index (χ2v) is 6.79. The second-order valence-electron chi connectivity index (χ2n) is 5.67. The third-order valence-electron chi connectivity index (χ3n) is 4.48. The van der Waals surface area contributed by atoms with Crippen LogP contribution in [-0.4, -0.2) is 6.54 Å². The minimum Gasteiger partial charge on any atom is -0.310 e. The maximum Gasteiger partial charge on any atom is 0.0400 e. The van der Waals surface area contributed by atoms with E-state index in [4.69, 9.17) is 0 Å². The second kappa shape index (κ2) is 6.11. The summed E-state index contributed by atoms with van der Waals surface area (Å²) in [5.41, 5.74) is 4.62. The topological polar surface area (TPSA) is 12.0 Å². The molecule has 0 amide bonds. The van der Waals surface area contributed by atoms with Crippen LogP contribution in [0.3, 0.4) is 0 Å². The van der Waals surface area contributed by atoms with Gasteiger partial charge in [0.25, 0.3) is 0 Å². The fraction of sp³-hybridized carbons (Fsp3) is 0.444. The lowest BCUT2D eigenvalue weighted by Gasteiger charge is -2.33. The highest BCUT2D eigenvalue weighted by atomic mass is 32.1. The molecule has 0 fully saturated rings. The third kappa shape index (κ3) is 2.55. The van der Waals surface area contributed by atoms with Crippen molar-refractivity contribution >= 4 is 11.3 Å². The summed E-state index contributed by atoms with van der Waals surface area (Å²) < 4.78 is 0. The van der Waals surface area contributed by atoms with Gasteiger partial charge in [0.1, 0.15) is 0 Å². The highest BCUT2D eigenvalue weighted by Gasteiger charge is 2.29. The Morgan fingerprint density at radius 1 is 1.30 bits per heavy atom. The molecule has 0 bridgehead atoms. The van der Waals surface area contributed by atoms with Gasteiger partial charge in [0.2, 0.25) is 0 Å². The summed E-state index contributed by atoms with van der Waals surface area (Å²) in [4.78, 5) is 1.46. The predicted octanol–water partition coefficient (Wildman–Crippen LogP) is 4.83. The molecular weight excluding hydrogens is 262 g/mol. The Hall–Kier alpha value is -1.12. The zero-order chi connectivity index (χ0) is 13.9. The van der Waals surface area contributed by atoms with Crippen LogP contribution in [0.5, 0.6) is 0 Å². The van der Waals surface area contributed by atoms with Crippen molar-refractivity contribution in [2.24, 2.45) is 0 Å². The van der Waals surface area contributed by atoms with E-state index >= 15 is 0 Å². The lowest BCUT2D eigenvalue weighted by Crippen LogP contribution is -2.29. The molecular formula is C18H23NS. The Kier molecular flexibility index (Phi) is 4.23. The average Bonchev–Trinajstić information content (AvgIpc) is 2.90. The first-order valence-corrected chi connectivity index (χ1v) is 8.54. The maximum absolute atomic E-state index is 3.74. The third-order valence-corrected chi connectivity index (χ3v) is 5.34. The molecule has 1 N–H and O–H groups in total. The molecule has 1 aromatic carbocycles. The first-order valence-electron chi connectivity index (χ1n) is 7.66. The summed E-state index contributed by atoms with van der Waals surface area (Å²) in [7, 11) is 0. The molecule has 1 nitrogen and oxygen atoms in total. The Bertz CT molecular complexity index is 572. The van der Waals surface area contributed by atoms with Crippen LogP contribution in [0.4, 0.5) is 0 Å². The van der Waals surface area contributed by atoms with Crippen LogP contribution in [0.2, 0.25) is 0 Å². The van der Waals surface area contributed by atoms with Gasteiger partial charge in [0.15, 0.2) is 0 Å². The number of hydrogen-bond donors (Lipinski definition) is 1. The lowest BCUT2D eigenvalue weighted by molar-refractivity contribution is 0.408. The highest BCUT2D eigenvalue weighted by molar-refractivity contribution is 7.10. The number of fused-ring (bicyclic) bond motifs is 1. The van der Waals surface area contributed by atoms with Crippen LogP contribution in [0.25, 0.3) is 0 Å². The van der Waals surface area contributed by atoms with Crippen molar-refractivity contribution in [3.05, 3.63) is 57.3 Å². The van der Waals surface area contributed by atoms with Gasteiger partial charge in [-0.1, -0.05) is 31.2 Å². The molecule has 2 unspecified atom stereocenters. The van der Waals surface area contributed by atoms with Crippen LogP contribution in [-0.2, 0) is 6.42 Å². The van der Waals surface area contributed by atoms with Crippen LogP contribution in [0, 0.1) is 6.92 Å². The van der Waals surface area contributed by atoms with Crippen LogP contribution >= 0.6 is 11.3 Å². The first kappa shape index (κ1) is 13.8. The Morgan fingerprint density at radius 2 is 2.15 bits per heavy atom. The predicted molar refractivity (Wildman–Crippen MR) is 87.6 cm³/mol. The van der Waals surface area contributed by atoms with Crippen molar-refractivity contribution in [2.75, 3.05) is 6.54 Å². The van der Waals surface area contributed by atoms with Crippen LogP contribution in [0.1, 0.15) is 53.3 Å².